The first kappa shape index (κ1) is 15.4. The molecule has 2 unspecified atom stereocenters. The van der Waals surface area contributed by atoms with E-state index in [-0.39, 0.29) is 29.3 Å². The first-order valence-electron chi connectivity index (χ1n) is 6.73. The highest BCUT2D eigenvalue weighted by molar-refractivity contribution is 5.95. The molecule has 2 atom stereocenters. The minimum atomic E-state index is -0.751. The van der Waals surface area contributed by atoms with Gasteiger partial charge in [-0.25, -0.2) is 4.39 Å². The lowest BCUT2D eigenvalue weighted by atomic mass is 9.95. The number of carbonyl (C=O) groups excluding carboxylic acids is 1. The molecule has 0 bridgehead atoms. The van der Waals surface area contributed by atoms with Crippen LogP contribution in [0.5, 0.6) is 0 Å². The zero-order valence-corrected chi connectivity index (χ0v) is 11.9. The van der Waals surface area contributed by atoms with Crippen molar-refractivity contribution in [2.75, 3.05) is 13.1 Å². The van der Waals surface area contributed by atoms with Gasteiger partial charge < -0.3 is 10.0 Å². The van der Waals surface area contributed by atoms with Crippen LogP contribution in [0.15, 0.2) is 12.1 Å². The predicted octanol–water partition coefficient (Wildman–Crippen LogP) is 1.89. The summed E-state index contributed by atoms with van der Waals surface area (Å²) in [5, 5.41) is 20.6. The molecule has 1 saturated heterocycles. The van der Waals surface area contributed by atoms with Crippen molar-refractivity contribution in [3.05, 3.63) is 39.2 Å². The lowest BCUT2D eigenvalue weighted by Crippen LogP contribution is -2.46. The van der Waals surface area contributed by atoms with Crippen molar-refractivity contribution in [2.24, 2.45) is 5.92 Å². The molecule has 1 aliphatic rings. The van der Waals surface area contributed by atoms with Gasteiger partial charge in [-0.2, -0.15) is 0 Å². The Morgan fingerprint density at radius 1 is 1.52 bits per heavy atom. The molecular formula is C14H17FN2O4. The molecule has 6 nitrogen and oxygen atoms in total. The van der Waals surface area contributed by atoms with Gasteiger partial charge in [0.15, 0.2) is 0 Å². The van der Waals surface area contributed by atoms with Gasteiger partial charge in [-0.3, -0.25) is 14.9 Å². The number of β-amino-alcohol motifs (C(OH)–C–C–N with tert-alkyl or cyclic N) is 1. The lowest BCUT2D eigenvalue weighted by molar-refractivity contribution is -0.385. The molecule has 1 fully saturated rings. The second-order valence-corrected chi connectivity index (χ2v) is 5.47. The second-order valence-electron chi connectivity index (χ2n) is 5.47. The number of amides is 1. The van der Waals surface area contributed by atoms with Gasteiger partial charge in [0.1, 0.15) is 5.82 Å². The topological polar surface area (TPSA) is 83.7 Å². The average Bonchev–Trinajstić information content (AvgIpc) is 2.43. The van der Waals surface area contributed by atoms with Crippen molar-refractivity contribution >= 4 is 11.6 Å². The number of carbonyl (C=O) groups is 1. The van der Waals surface area contributed by atoms with Gasteiger partial charge in [0, 0.05) is 25.2 Å². The minimum absolute atomic E-state index is 0.0541. The number of non-ortho nitro benzene ring substituents is 1. The van der Waals surface area contributed by atoms with Crippen LogP contribution in [0, 0.1) is 28.8 Å². The quantitative estimate of drug-likeness (QED) is 0.667. The summed E-state index contributed by atoms with van der Waals surface area (Å²) in [5.74, 6) is -1.30. The van der Waals surface area contributed by atoms with Gasteiger partial charge in [-0.05, 0) is 24.8 Å². The van der Waals surface area contributed by atoms with Crippen LogP contribution in [0.3, 0.4) is 0 Å². The summed E-state index contributed by atoms with van der Waals surface area (Å²) >= 11 is 0. The minimum Gasteiger partial charge on any atom is -0.391 e. The Hall–Kier alpha value is -2.02. The van der Waals surface area contributed by atoms with Crippen LogP contribution >= 0.6 is 0 Å². The number of aliphatic hydroxyl groups is 1. The van der Waals surface area contributed by atoms with Crippen LogP contribution in [-0.4, -0.2) is 40.0 Å². The molecule has 1 heterocycles. The van der Waals surface area contributed by atoms with Crippen LogP contribution in [0.1, 0.15) is 29.3 Å². The van der Waals surface area contributed by atoms with E-state index in [1.807, 2.05) is 6.92 Å². The number of benzene rings is 1. The van der Waals surface area contributed by atoms with Crippen molar-refractivity contribution in [3.63, 3.8) is 0 Å². The van der Waals surface area contributed by atoms with E-state index in [9.17, 15) is 24.4 Å². The fraction of sp³-hybridized carbons (Fsp3) is 0.500. The van der Waals surface area contributed by atoms with Gasteiger partial charge in [-0.15, -0.1) is 0 Å². The van der Waals surface area contributed by atoms with E-state index in [4.69, 9.17) is 0 Å². The van der Waals surface area contributed by atoms with E-state index < -0.39 is 22.8 Å². The van der Waals surface area contributed by atoms with Gasteiger partial charge in [0.05, 0.1) is 16.6 Å². The second kappa shape index (κ2) is 5.77. The molecule has 7 heteroatoms. The predicted molar refractivity (Wildman–Crippen MR) is 73.5 cm³/mol. The zero-order chi connectivity index (χ0) is 15.7. The number of nitro benzene ring substituents is 1. The SMILES string of the molecule is Cc1cc([N+](=O)[O-])cc(C(=O)N2CCC(C)C(O)C2)c1F. The Kier molecular flexibility index (Phi) is 4.22. The highest BCUT2D eigenvalue weighted by atomic mass is 19.1. The van der Waals surface area contributed by atoms with E-state index in [1.54, 1.807) is 0 Å². The molecule has 1 N–H and O–H groups in total. The van der Waals surface area contributed by atoms with E-state index in [0.717, 1.165) is 12.1 Å². The Labute approximate surface area is 121 Å². The van der Waals surface area contributed by atoms with E-state index in [1.165, 1.54) is 11.8 Å². The lowest BCUT2D eigenvalue weighted by Gasteiger charge is -2.34. The van der Waals surface area contributed by atoms with Crippen LogP contribution in [0.25, 0.3) is 0 Å². The zero-order valence-electron chi connectivity index (χ0n) is 11.9. The fourth-order valence-electron chi connectivity index (χ4n) is 2.42. The van der Waals surface area contributed by atoms with Crippen LogP contribution < -0.4 is 0 Å². The molecule has 0 saturated carbocycles. The Balaban J connectivity index is 2.33. The third kappa shape index (κ3) is 3.02. The van der Waals surface area contributed by atoms with Crippen molar-refractivity contribution < 1.29 is 19.2 Å². The highest BCUT2D eigenvalue weighted by Gasteiger charge is 2.30. The summed E-state index contributed by atoms with van der Waals surface area (Å²) in [4.78, 5) is 23.9. The summed E-state index contributed by atoms with van der Waals surface area (Å²) in [7, 11) is 0. The maximum Gasteiger partial charge on any atom is 0.270 e. The number of aryl methyl sites for hydroxylation is 1. The molecule has 1 amide bonds. The van der Waals surface area contributed by atoms with Crippen LogP contribution in [0.2, 0.25) is 0 Å². The molecular weight excluding hydrogens is 279 g/mol. The third-order valence-electron chi connectivity index (χ3n) is 3.89. The number of likely N-dealkylation sites (tertiary alicyclic amines) is 1. The maximum absolute atomic E-state index is 14.1. The number of nitrogens with zero attached hydrogens (tertiary/aromatic N) is 2. The average molecular weight is 296 g/mol. The maximum atomic E-state index is 14.1. The smallest absolute Gasteiger partial charge is 0.270 e. The van der Waals surface area contributed by atoms with Gasteiger partial charge >= 0.3 is 0 Å². The third-order valence-corrected chi connectivity index (χ3v) is 3.89. The number of hydrogen-bond acceptors (Lipinski definition) is 4. The monoisotopic (exact) mass is 296 g/mol. The molecule has 1 aromatic rings. The van der Waals surface area contributed by atoms with E-state index >= 15 is 0 Å². The first-order chi connectivity index (χ1) is 9.81. The Morgan fingerprint density at radius 3 is 2.76 bits per heavy atom. The number of nitro groups is 1. The molecule has 1 aliphatic heterocycles. The number of halogens is 1. The molecule has 0 radical (unpaired) electrons. The molecule has 0 aliphatic carbocycles. The van der Waals surface area contributed by atoms with Crippen molar-refractivity contribution in [2.45, 2.75) is 26.4 Å². The van der Waals surface area contributed by atoms with Crippen molar-refractivity contribution in [3.8, 4) is 0 Å². The number of hydrogen-bond donors (Lipinski definition) is 1. The van der Waals surface area contributed by atoms with Gasteiger partial charge in [0.25, 0.3) is 11.6 Å². The summed E-state index contributed by atoms with van der Waals surface area (Å²) in [6, 6.07) is 2.05. The molecule has 21 heavy (non-hydrogen) atoms. The highest BCUT2D eigenvalue weighted by Crippen LogP contribution is 2.24. The van der Waals surface area contributed by atoms with Crippen LogP contribution in [-0.2, 0) is 0 Å². The van der Waals surface area contributed by atoms with Crippen molar-refractivity contribution in [1.82, 2.24) is 4.90 Å². The van der Waals surface area contributed by atoms with Gasteiger partial charge in [-0.1, -0.05) is 6.92 Å². The summed E-state index contributed by atoms with van der Waals surface area (Å²) in [6.07, 6.45) is -0.0480. The van der Waals surface area contributed by atoms with E-state index in [0.29, 0.717) is 13.0 Å². The number of rotatable bonds is 2. The van der Waals surface area contributed by atoms with Crippen LogP contribution in [0.4, 0.5) is 10.1 Å². The fourth-order valence-corrected chi connectivity index (χ4v) is 2.42. The summed E-state index contributed by atoms with van der Waals surface area (Å²) < 4.78 is 14.1. The Morgan fingerprint density at radius 2 is 2.19 bits per heavy atom. The molecule has 0 aromatic heterocycles. The summed E-state index contributed by atoms with van der Waals surface area (Å²) in [5.41, 5.74) is -0.579. The number of aliphatic hydroxyl groups excluding tert-OH is 1. The molecule has 1 aromatic carbocycles. The molecule has 114 valence electrons. The largest absolute Gasteiger partial charge is 0.391 e. The molecule has 0 spiro atoms. The number of piperidine rings is 1. The first-order valence-corrected chi connectivity index (χ1v) is 6.73. The standard InChI is InChI=1S/C14H17FN2O4/c1-8-3-4-16(7-12(8)18)14(19)11-6-10(17(20)21)5-9(2)13(11)15/h5-6,8,12,18H,3-4,7H2,1-2H3. The van der Waals surface area contributed by atoms with E-state index in [2.05, 4.69) is 0 Å². The summed E-state index contributed by atoms with van der Waals surface area (Å²) in [6.45, 7) is 3.77. The normalized spacial score (nSPS) is 22.2. The molecule has 2 rings (SSSR count). The van der Waals surface area contributed by atoms with Crippen molar-refractivity contribution in [1.29, 1.82) is 0 Å². The Bertz CT molecular complexity index is 591. The van der Waals surface area contributed by atoms with Gasteiger partial charge in [0.2, 0.25) is 0 Å².